The molecular weight excluding hydrogens is 446 g/mol. The quantitative estimate of drug-likeness (QED) is 0.387. The van der Waals surface area contributed by atoms with Gasteiger partial charge in [0.15, 0.2) is 11.2 Å². The van der Waals surface area contributed by atoms with Crippen LogP contribution in [0.5, 0.6) is 5.88 Å². The van der Waals surface area contributed by atoms with Crippen molar-refractivity contribution in [1.29, 1.82) is 0 Å². The minimum absolute atomic E-state index is 0.0475. The molecule has 1 saturated heterocycles. The summed E-state index contributed by atoms with van der Waals surface area (Å²) in [7, 11) is 1.93. The molecule has 0 N–H and O–H groups in total. The summed E-state index contributed by atoms with van der Waals surface area (Å²) in [5, 5.41) is 8.73. The summed E-state index contributed by atoms with van der Waals surface area (Å²) >= 11 is 0. The van der Waals surface area contributed by atoms with E-state index >= 15 is 0 Å². The van der Waals surface area contributed by atoms with Crippen LogP contribution < -0.4 is 4.74 Å². The van der Waals surface area contributed by atoms with Crippen molar-refractivity contribution in [3.8, 4) is 17.3 Å². The van der Waals surface area contributed by atoms with E-state index in [2.05, 4.69) is 27.1 Å². The lowest BCUT2D eigenvalue weighted by molar-refractivity contribution is 0.0773. The van der Waals surface area contributed by atoms with Crippen molar-refractivity contribution in [2.45, 2.75) is 32.9 Å². The molecule has 6 heterocycles. The maximum absolute atomic E-state index is 13.2. The predicted octanol–water partition coefficient (Wildman–Crippen LogP) is 2.50. The molecule has 1 aliphatic rings. The molecule has 1 amide bonds. The number of hydrogen-bond acceptors (Lipinski definition) is 7. The van der Waals surface area contributed by atoms with Gasteiger partial charge >= 0.3 is 0 Å². The number of carbonyl (C=O) groups is 1. The van der Waals surface area contributed by atoms with Crippen LogP contribution >= 0.6 is 0 Å². The van der Waals surface area contributed by atoms with Gasteiger partial charge in [-0.2, -0.15) is 15.2 Å². The summed E-state index contributed by atoms with van der Waals surface area (Å²) in [5.41, 5.74) is 4.66. The van der Waals surface area contributed by atoms with Crippen LogP contribution in [-0.2, 0) is 13.6 Å². The lowest BCUT2D eigenvalue weighted by Gasteiger charge is -2.16. The summed E-state index contributed by atoms with van der Waals surface area (Å²) in [6.45, 7) is 5.95. The Kier molecular flexibility index (Phi) is 4.97. The minimum Gasteiger partial charge on any atom is -0.471 e. The van der Waals surface area contributed by atoms with Crippen molar-refractivity contribution in [2.75, 3.05) is 13.1 Å². The standard InChI is InChI=1S/C24H25N9O2/c1-4-32-15(2)17(11-27-32)21-29-20-22(30(21)3)25-14-26-23(20)35-16-8-10-31(13-16)24(34)18-12-28-33-9-6-5-7-19(18)33/h5-7,9,11-12,14,16H,4,8,10,13H2,1-3H3. The first-order chi connectivity index (χ1) is 17.0. The van der Waals surface area contributed by atoms with Crippen LogP contribution in [0.4, 0.5) is 0 Å². The fourth-order valence-corrected chi connectivity index (χ4v) is 4.73. The third-order valence-corrected chi connectivity index (χ3v) is 6.63. The van der Waals surface area contributed by atoms with Gasteiger partial charge in [-0.1, -0.05) is 6.07 Å². The number of ether oxygens (including phenoxy) is 1. The highest BCUT2D eigenvalue weighted by Crippen LogP contribution is 2.30. The van der Waals surface area contributed by atoms with Gasteiger partial charge in [-0.15, -0.1) is 0 Å². The molecular formula is C24H25N9O2. The molecule has 0 aliphatic carbocycles. The average molecular weight is 472 g/mol. The zero-order valence-corrected chi connectivity index (χ0v) is 19.8. The average Bonchev–Trinajstić information content (AvgIpc) is 3.65. The third kappa shape index (κ3) is 3.42. The van der Waals surface area contributed by atoms with Crippen molar-refractivity contribution >= 4 is 22.6 Å². The zero-order chi connectivity index (χ0) is 24.1. The van der Waals surface area contributed by atoms with E-state index in [9.17, 15) is 4.79 Å². The van der Waals surface area contributed by atoms with Crippen LogP contribution in [0.25, 0.3) is 28.1 Å². The first kappa shape index (κ1) is 21.3. The topological polar surface area (TPSA) is 108 Å². The lowest BCUT2D eigenvalue weighted by atomic mass is 10.2. The summed E-state index contributed by atoms with van der Waals surface area (Å²) < 4.78 is 11.9. The Morgan fingerprint density at radius 2 is 2.09 bits per heavy atom. The Bertz CT molecular complexity index is 1560. The zero-order valence-electron chi connectivity index (χ0n) is 19.8. The molecule has 0 bridgehead atoms. The first-order valence-corrected chi connectivity index (χ1v) is 11.6. The van der Waals surface area contributed by atoms with Crippen molar-refractivity contribution in [2.24, 2.45) is 7.05 Å². The molecule has 178 valence electrons. The fraction of sp³-hybridized carbons (Fsp3) is 0.333. The molecule has 1 atom stereocenters. The van der Waals surface area contributed by atoms with Gasteiger partial charge in [0.25, 0.3) is 5.91 Å². The Morgan fingerprint density at radius 3 is 2.91 bits per heavy atom. The summed E-state index contributed by atoms with van der Waals surface area (Å²) in [6, 6.07) is 5.68. The number of likely N-dealkylation sites (tertiary alicyclic amines) is 1. The number of fused-ring (bicyclic) bond motifs is 2. The molecule has 11 heteroatoms. The summed E-state index contributed by atoms with van der Waals surface area (Å²) in [5.74, 6) is 1.14. The van der Waals surface area contributed by atoms with Crippen LogP contribution in [0.1, 0.15) is 29.4 Å². The number of pyridine rings is 1. The Balaban J connectivity index is 1.25. The second kappa shape index (κ2) is 8.19. The van der Waals surface area contributed by atoms with E-state index in [4.69, 9.17) is 9.72 Å². The van der Waals surface area contributed by atoms with E-state index < -0.39 is 0 Å². The maximum atomic E-state index is 13.2. The Morgan fingerprint density at radius 1 is 1.20 bits per heavy atom. The maximum Gasteiger partial charge on any atom is 0.257 e. The molecule has 6 rings (SSSR count). The number of carbonyl (C=O) groups excluding carboxylic acids is 1. The van der Waals surface area contributed by atoms with E-state index in [1.54, 1.807) is 15.6 Å². The molecule has 1 unspecified atom stereocenters. The van der Waals surface area contributed by atoms with Gasteiger partial charge in [-0.25, -0.2) is 14.5 Å². The van der Waals surface area contributed by atoms with Crippen molar-refractivity contribution in [3.63, 3.8) is 0 Å². The second-order valence-electron chi connectivity index (χ2n) is 8.67. The molecule has 0 spiro atoms. The molecule has 5 aromatic heterocycles. The summed E-state index contributed by atoms with van der Waals surface area (Å²) in [6.07, 6.45) is 7.29. The van der Waals surface area contributed by atoms with E-state index in [1.807, 2.05) is 53.8 Å². The highest BCUT2D eigenvalue weighted by Gasteiger charge is 2.31. The fourth-order valence-electron chi connectivity index (χ4n) is 4.73. The second-order valence-corrected chi connectivity index (χ2v) is 8.67. The number of nitrogens with zero attached hydrogens (tertiary/aromatic N) is 9. The molecule has 0 radical (unpaired) electrons. The number of aromatic nitrogens is 8. The first-order valence-electron chi connectivity index (χ1n) is 11.6. The SMILES string of the molecule is CCn1ncc(-c2nc3c(OC4CCN(C(=O)c5cnn6ccccc56)C4)ncnc3n2C)c1C. The highest BCUT2D eigenvalue weighted by atomic mass is 16.5. The molecule has 1 aliphatic heterocycles. The number of rotatable bonds is 5. The van der Waals surface area contributed by atoms with Crippen LogP contribution in [-0.4, -0.2) is 68.9 Å². The van der Waals surface area contributed by atoms with Crippen LogP contribution in [0.15, 0.2) is 43.1 Å². The van der Waals surface area contributed by atoms with Gasteiger partial charge in [-0.3, -0.25) is 9.48 Å². The molecule has 1 fully saturated rings. The number of aryl methyl sites for hydroxylation is 2. The molecule has 11 nitrogen and oxygen atoms in total. The molecule has 5 aromatic rings. The van der Waals surface area contributed by atoms with Crippen molar-refractivity contribution in [1.82, 2.24) is 43.8 Å². The highest BCUT2D eigenvalue weighted by molar-refractivity contribution is 6.00. The smallest absolute Gasteiger partial charge is 0.257 e. The normalized spacial score (nSPS) is 16.0. The molecule has 0 saturated carbocycles. The number of hydrogen-bond donors (Lipinski definition) is 0. The number of amides is 1. The summed E-state index contributed by atoms with van der Waals surface area (Å²) in [4.78, 5) is 28.6. The minimum atomic E-state index is -0.186. The molecule has 0 aromatic carbocycles. The van der Waals surface area contributed by atoms with Gasteiger partial charge in [0.1, 0.15) is 18.3 Å². The number of imidazole rings is 1. The van der Waals surface area contributed by atoms with E-state index in [-0.39, 0.29) is 12.0 Å². The largest absolute Gasteiger partial charge is 0.471 e. The predicted molar refractivity (Wildman–Crippen MR) is 128 cm³/mol. The molecule has 35 heavy (non-hydrogen) atoms. The van der Waals surface area contributed by atoms with Crippen LogP contribution in [0, 0.1) is 6.92 Å². The lowest BCUT2D eigenvalue weighted by Crippen LogP contribution is -2.31. The van der Waals surface area contributed by atoms with Gasteiger partial charge < -0.3 is 14.2 Å². The van der Waals surface area contributed by atoms with Gasteiger partial charge in [-0.05, 0) is 26.0 Å². The van der Waals surface area contributed by atoms with Crippen LogP contribution in [0.2, 0.25) is 0 Å². The van der Waals surface area contributed by atoms with Gasteiger partial charge in [0.2, 0.25) is 5.88 Å². The van der Waals surface area contributed by atoms with Crippen LogP contribution in [0.3, 0.4) is 0 Å². The van der Waals surface area contributed by atoms with Crippen molar-refractivity contribution < 1.29 is 9.53 Å². The van der Waals surface area contributed by atoms with Gasteiger partial charge in [0, 0.05) is 38.4 Å². The van der Waals surface area contributed by atoms with E-state index in [1.165, 1.54) is 6.33 Å². The Labute approximate surface area is 201 Å². The Hall–Kier alpha value is -4.28. The monoisotopic (exact) mass is 471 g/mol. The van der Waals surface area contributed by atoms with Crippen molar-refractivity contribution in [3.05, 3.63) is 54.4 Å². The van der Waals surface area contributed by atoms with Gasteiger partial charge in [0.05, 0.1) is 35.6 Å². The van der Waals surface area contributed by atoms with E-state index in [0.717, 1.165) is 29.1 Å². The third-order valence-electron chi connectivity index (χ3n) is 6.63. The van der Waals surface area contributed by atoms with E-state index in [0.29, 0.717) is 42.1 Å².